The number of nitrogens with zero attached hydrogens (tertiary/aromatic N) is 2. The van der Waals surface area contributed by atoms with E-state index in [1.807, 2.05) is 0 Å². The number of ether oxygens (including phenoxy) is 2. The van der Waals surface area contributed by atoms with Gasteiger partial charge in [-0.15, -0.1) is 0 Å². The Labute approximate surface area is 121 Å². The van der Waals surface area contributed by atoms with Gasteiger partial charge in [0.15, 0.2) is 0 Å². The van der Waals surface area contributed by atoms with Gasteiger partial charge in [-0.2, -0.15) is 0 Å². The molecule has 0 aliphatic rings. The summed E-state index contributed by atoms with van der Waals surface area (Å²) in [6, 6.07) is 3.46. The largest absolute Gasteiger partial charge is 0.382 e. The van der Waals surface area contributed by atoms with E-state index in [1.54, 1.807) is 36.0 Å². The van der Waals surface area contributed by atoms with Crippen LogP contribution in [0.2, 0.25) is 5.02 Å². The number of nitrogens with one attached hydrogen (secondary N) is 1. The van der Waals surface area contributed by atoms with Crippen molar-refractivity contribution < 1.29 is 14.3 Å². The molecule has 0 unspecified atom stereocenters. The summed E-state index contributed by atoms with van der Waals surface area (Å²) in [5.74, 6) is 0.0798. The molecule has 0 saturated heterocycles. The number of hydrogen-bond acceptors (Lipinski definition) is 4. The SMILES string of the molecule is COCCOCCNC(=O)c1ncc2cc(Cl)ccn12. The molecule has 0 radical (unpaired) electrons. The summed E-state index contributed by atoms with van der Waals surface area (Å²) in [6.45, 7) is 1.91. The van der Waals surface area contributed by atoms with E-state index in [1.165, 1.54) is 0 Å². The van der Waals surface area contributed by atoms with Crippen LogP contribution in [0.4, 0.5) is 0 Å². The Kier molecular flexibility index (Phi) is 5.34. The Balaban J connectivity index is 1.88. The molecule has 0 aliphatic heterocycles. The molecule has 0 fully saturated rings. The van der Waals surface area contributed by atoms with Gasteiger partial charge in [-0.05, 0) is 12.1 Å². The molecule has 6 nitrogen and oxygen atoms in total. The molecular weight excluding hydrogens is 282 g/mol. The topological polar surface area (TPSA) is 64.9 Å². The van der Waals surface area contributed by atoms with E-state index in [4.69, 9.17) is 21.1 Å². The Hall–Kier alpha value is -1.63. The number of fused-ring (bicyclic) bond motifs is 1. The first-order valence-electron chi connectivity index (χ1n) is 6.20. The van der Waals surface area contributed by atoms with Crippen molar-refractivity contribution in [1.29, 1.82) is 0 Å². The monoisotopic (exact) mass is 297 g/mol. The van der Waals surface area contributed by atoms with Gasteiger partial charge >= 0.3 is 0 Å². The molecule has 0 saturated carbocycles. The molecule has 2 aromatic heterocycles. The smallest absolute Gasteiger partial charge is 0.287 e. The van der Waals surface area contributed by atoms with E-state index in [0.717, 1.165) is 5.52 Å². The summed E-state index contributed by atoms with van der Waals surface area (Å²) in [6.07, 6.45) is 3.32. The second-order valence-corrected chi connectivity index (χ2v) is 4.52. The Morgan fingerprint density at radius 1 is 1.45 bits per heavy atom. The molecule has 2 rings (SSSR count). The molecule has 0 aliphatic carbocycles. The Bertz CT molecular complexity index is 585. The van der Waals surface area contributed by atoms with Crippen LogP contribution in [0.3, 0.4) is 0 Å². The van der Waals surface area contributed by atoms with Crippen molar-refractivity contribution in [2.45, 2.75) is 0 Å². The minimum atomic E-state index is -0.248. The Morgan fingerprint density at radius 2 is 2.30 bits per heavy atom. The maximum Gasteiger partial charge on any atom is 0.287 e. The first-order valence-corrected chi connectivity index (χ1v) is 6.57. The summed E-state index contributed by atoms with van der Waals surface area (Å²) >= 11 is 5.88. The fourth-order valence-electron chi connectivity index (χ4n) is 1.70. The third-order valence-corrected chi connectivity index (χ3v) is 2.90. The number of carbonyl (C=O) groups excluding carboxylic acids is 1. The summed E-state index contributed by atoms with van der Waals surface area (Å²) in [4.78, 5) is 16.1. The summed E-state index contributed by atoms with van der Waals surface area (Å²) in [7, 11) is 1.61. The number of hydrogen-bond donors (Lipinski definition) is 1. The van der Waals surface area contributed by atoms with Gasteiger partial charge in [0.05, 0.1) is 31.5 Å². The van der Waals surface area contributed by atoms with E-state index < -0.39 is 0 Å². The highest BCUT2D eigenvalue weighted by Crippen LogP contribution is 2.13. The van der Waals surface area contributed by atoms with Gasteiger partial charge in [0, 0.05) is 24.9 Å². The van der Waals surface area contributed by atoms with Gasteiger partial charge in [0.25, 0.3) is 5.91 Å². The third-order valence-electron chi connectivity index (χ3n) is 2.66. The zero-order valence-corrected chi connectivity index (χ0v) is 11.9. The standard InChI is InChI=1S/C13H16ClN3O3/c1-19-6-7-20-5-3-15-13(18)12-16-9-11-8-10(14)2-4-17(11)12/h2,4,8-9H,3,5-7H2,1H3,(H,15,18). The minimum absolute atomic E-state index is 0.248. The average Bonchev–Trinajstić information content (AvgIpc) is 2.85. The minimum Gasteiger partial charge on any atom is -0.382 e. The molecule has 2 aromatic rings. The van der Waals surface area contributed by atoms with Crippen molar-refractivity contribution in [3.8, 4) is 0 Å². The van der Waals surface area contributed by atoms with Crippen LogP contribution in [0.5, 0.6) is 0 Å². The lowest BCUT2D eigenvalue weighted by Gasteiger charge is -2.05. The first-order chi connectivity index (χ1) is 9.72. The van der Waals surface area contributed by atoms with E-state index in [2.05, 4.69) is 10.3 Å². The second kappa shape index (κ2) is 7.23. The lowest BCUT2D eigenvalue weighted by Crippen LogP contribution is -2.29. The molecule has 1 amide bonds. The molecule has 2 heterocycles. The van der Waals surface area contributed by atoms with Crippen molar-refractivity contribution in [3.63, 3.8) is 0 Å². The fraction of sp³-hybridized carbons (Fsp3) is 0.385. The zero-order valence-electron chi connectivity index (χ0n) is 11.1. The second-order valence-electron chi connectivity index (χ2n) is 4.08. The predicted octanol–water partition coefficient (Wildman–Crippen LogP) is 1.38. The van der Waals surface area contributed by atoms with Crippen LogP contribution in [0.1, 0.15) is 10.6 Å². The molecule has 20 heavy (non-hydrogen) atoms. The lowest BCUT2D eigenvalue weighted by atomic mass is 10.4. The first kappa shape index (κ1) is 14.8. The highest BCUT2D eigenvalue weighted by molar-refractivity contribution is 6.30. The van der Waals surface area contributed by atoms with Crippen LogP contribution in [-0.2, 0) is 9.47 Å². The highest BCUT2D eigenvalue weighted by Gasteiger charge is 2.12. The van der Waals surface area contributed by atoms with Crippen LogP contribution in [0.15, 0.2) is 24.5 Å². The molecule has 1 N–H and O–H groups in total. The quantitative estimate of drug-likeness (QED) is 0.784. The van der Waals surface area contributed by atoms with Crippen molar-refractivity contribution >= 4 is 23.0 Å². The van der Waals surface area contributed by atoms with E-state index >= 15 is 0 Å². The predicted molar refractivity (Wildman–Crippen MR) is 75.2 cm³/mol. The van der Waals surface area contributed by atoms with Crippen molar-refractivity contribution in [2.75, 3.05) is 33.5 Å². The van der Waals surface area contributed by atoms with Crippen LogP contribution in [0.25, 0.3) is 5.52 Å². The summed E-state index contributed by atoms with van der Waals surface area (Å²) < 4.78 is 11.8. The number of rotatable bonds is 7. The van der Waals surface area contributed by atoms with Crippen LogP contribution in [0, 0.1) is 0 Å². The van der Waals surface area contributed by atoms with Gasteiger partial charge in [-0.1, -0.05) is 11.6 Å². The number of pyridine rings is 1. The van der Waals surface area contributed by atoms with E-state index in [-0.39, 0.29) is 5.91 Å². The van der Waals surface area contributed by atoms with Gasteiger partial charge in [0.2, 0.25) is 5.82 Å². The maximum absolute atomic E-state index is 12.0. The number of amides is 1. The maximum atomic E-state index is 12.0. The van der Waals surface area contributed by atoms with Crippen molar-refractivity contribution in [2.24, 2.45) is 0 Å². The lowest BCUT2D eigenvalue weighted by molar-refractivity contribution is 0.0690. The van der Waals surface area contributed by atoms with Gasteiger partial charge in [0.1, 0.15) is 0 Å². The number of carbonyl (C=O) groups is 1. The number of methoxy groups -OCH3 is 1. The van der Waals surface area contributed by atoms with Gasteiger partial charge in [-0.3, -0.25) is 9.20 Å². The molecule has 0 atom stereocenters. The zero-order chi connectivity index (χ0) is 14.4. The summed E-state index contributed by atoms with van der Waals surface area (Å²) in [5.41, 5.74) is 0.777. The van der Waals surface area contributed by atoms with Gasteiger partial charge in [-0.25, -0.2) is 4.98 Å². The average molecular weight is 298 g/mol. The number of imidazole rings is 1. The molecule has 0 spiro atoms. The fourth-order valence-corrected chi connectivity index (χ4v) is 1.87. The van der Waals surface area contributed by atoms with E-state index in [0.29, 0.717) is 37.2 Å². The normalized spacial score (nSPS) is 10.9. The number of halogens is 1. The van der Waals surface area contributed by atoms with Crippen LogP contribution < -0.4 is 5.32 Å². The third kappa shape index (κ3) is 3.69. The molecule has 0 bridgehead atoms. The molecule has 0 aromatic carbocycles. The van der Waals surface area contributed by atoms with Crippen molar-refractivity contribution in [1.82, 2.24) is 14.7 Å². The Morgan fingerprint density at radius 3 is 3.10 bits per heavy atom. The van der Waals surface area contributed by atoms with E-state index in [9.17, 15) is 4.79 Å². The van der Waals surface area contributed by atoms with Crippen LogP contribution in [-0.4, -0.2) is 48.8 Å². The van der Waals surface area contributed by atoms with Crippen molar-refractivity contribution in [3.05, 3.63) is 35.4 Å². The van der Waals surface area contributed by atoms with Crippen LogP contribution >= 0.6 is 11.6 Å². The molecule has 7 heteroatoms. The summed E-state index contributed by atoms with van der Waals surface area (Å²) in [5, 5.41) is 3.35. The molecular formula is C13H16ClN3O3. The number of aromatic nitrogens is 2. The molecule has 108 valence electrons. The highest BCUT2D eigenvalue weighted by atomic mass is 35.5. The van der Waals surface area contributed by atoms with Gasteiger partial charge < -0.3 is 14.8 Å².